The van der Waals surface area contributed by atoms with Crippen molar-refractivity contribution in [2.24, 2.45) is 0 Å². The molecule has 0 radical (unpaired) electrons. The fraction of sp³-hybridized carbons (Fsp3) is 0.412. The SMILES string of the molecule is FC(F)(F)n1cc(-c2c[nH]c3ncc(C4CCCCC4)cc23)cn1. The second kappa shape index (κ2) is 5.65. The van der Waals surface area contributed by atoms with E-state index in [9.17, 15) is 13.2 Å². The van der Waals surface area contributed by atoms with Crippen molar-refractivity contribution in [1.29, 1.82) is 0 Å². The second-order valence-electron chi connectivity index (χ2n) is 6.34. The number of alkyl halides is 3. The van der Waals surface area contributed by atoms with Gasteiger partial charge < -0.3 is 4.98 Å². The summed E-state index contributed by atoms with van der Waals surface area (Å²) < 4.78 is 38.3. The molecular weight excluding hydrogens is 317 g/mol. The molecule has 1 aliphatic rings. The van der Waals surface area contributed by atoms with E-state index in [1.807, 2.05) is 6.20 Å². The Morgan fingerprint density at radius 2 is 1.92 bits per heavy atom. The number of rotatable bonds is 2. The van der Waals surface area contributed by atoms with Crippen LogP contribution < -0.4 is 0 Å². The van der Waals surface area contributed by atoms with Gasteiger partial charge in [0.05, 0.1) is 6.20 Å². The number of fused-ring (bicyclic) bond motifs is 1. The molecule has 0 aromatic carbocycles. The highest BCUT2D eigenvalue weighted by Crippen LogP contribution is 2.36. The van der Waals surface area contributed by atoms with Crippen LogP contribution >= 0.6 is 0 Å². The van der Waals surface area contributed by atoms with E-state index in [0.717, 1.165) is 24.4 Å². The zero-order valence-corrected chi connectivity index (χ0v) is 13.0. The first-order valence-electron chi connectivity index (χ1n) is 8.11. The summed E-state index contributed by atoms with van der Waals surface area (Å²) in [7, 11) is 0. The van der Waals surface area contributed by atoms with Gasteiger partial charge in [0, 0.05) is 35.1 Å². The Labute approximate surface area is 136 Å². The first-order chi connectivity index (χ1) is 11.5. The standard InChI is InChI=1S/C17H17F3N4/c18-17(19,20)24-10-13(8-23-24)15-9-22-16-14(15)6-12(7-21-16)11-4-2-1-3-5-11/h6-11H,1-5H2,(H,21,22). The average molecular weight is 334 g/mol. The van der Waals surface area contributed by atoms with Gasteiger partial charge in [-0.1, -0.05) is 19.3 Å². The maximum absolute atomic E-state index is 12.7. The van der Waals surface area contributed by atoms with Crippen LogP contribution in [0.2, 0.25) is 0 Å². The van der Waals surface area contributed by atoms with Gasteiger partial charge in [0.1, 0.15) is 5.65 Å². The molecule has 3 aromatic rings. The number of H-pyrrole nitrogens is 1. The molecule has 1 saturated carbocycles. The minimum absolute atomic E-state index is 0.0274. The zero-order chi connectivity index (χ0) is 16.7. The molecule has 0 bridgehead atoms. The number of hydrogen-bond donors (Lipinski definition) is 1. The van der Waals surface area contributed by atoms with E-state index in [1.165, 1.54) is 31.0 Å². The van der Waals surface area contributed by atoms with Crippen LogP contribution in [0, 0.1) is 0 Å². The minimum Gasteiger partial charge on any atom is -0.346 e. The third kappa shape index (κ3) is 2.68. The molecule has 1 fully saturated rings. The normalized spacial score (nSPS) is 16.8. The van der Waals surface area contributed by atoms with E-state index in [2.05, 4.69) is 21.1 Å². The Kier molecular flexibility index (Phi) is 3.58. The highest BCUT2D eigenvalue weighted by Gasteiger charge is 2.31. The summed E-state index contributed by atoms with van der Waals surface area (Å²) in [5.41, 5.74) is 2.99. The molecule has 3 aromatic heterocycles. The quantitative estimate of drug-likeness (QED) is 0.721. The van der Waals surface area contributed by atoms with Gasteiger partial charge in [-0.25, -0.2) is 4.98 Å². The van der Waals surface area contributed by atoms with Crippen LogP contribution in [-0.4, -0.2) is 19.7 Å². The first-order valence-corrected chi connectivity index (χ1v) is 8.11. The Hall–Kier alpha value is -2.31. The Bertz CT molecular complexity index is 856. The lowest BCUT2D eigenvalue weighted by Crippen LogP contribution is -2.16. The maximum Gasteiger partial charge on any atom is 0.504 e. The molecule has 0 aliphatic heterocycles. The van der Waals surface area contributed by atoms with Crippen molar-refractivity contribution in [1.82, 2.24) is 19.7 Å². The topological polar surface area (TPSA) is 46.5 Å². The summed E-state index contributed by atoms with van der Waals surface area (Å²) in [5.74, 6) is 0.497. The lowest BCUT2D eigenvalue weighted by Gasteiger charge is -2.21. The molecule has 24 heavy (non-hydrogen) atoms. The second-order valence-corrected chi connectivity index (χ2v) is 6.34. The van der Waals surface area contributed by atoms with E-state index in [-0.39, 0.29) is 4.68 Å². The van der Waals surface area contributed by atoms with Crippen molar-refractivity contribution >= 4 is 11.0 Å². The Morgan fingerprint density at radius 3 is 2.62 bits per heavy atom. The van der Waals surface area contributed by atoms with Crippen molar-refractivity contribution in [2.75, 3.05) is 0 Å². The van der Waals surface area contributed by atoms with Crippen LogP contribution in [0.4, 0.5) is 13.2 Å². The van der Waals surface area contributed by atoms with E-state index in [1.54, 1.807) is 6.20 Å². The van der Waals surface area contributed by atoms with Gasteiger partial charge in [-0.05, 0) is 30.4 Å². The molecule has 4 nitrogen and oxygen atoms in total. The summed E-state index contributed by atoms with van der Waals surface area (Å²) in [5, 5.41) is 4.27. The minimum atomic E-state index is -4.50. The number of nitrogens with zero attached hydrogens (tertiary/aromatic N) is 3. The molecule has 1 aliphatic carbocycles. The van der Waals surface area contributed by atoms with Crippen LogP contribution in [0.1, 0.15) is 43.6 Å². The van der Waals surface area contributed by atoms with E-state index in [4.69, 9.17) is 0 Å². The van der Waals surface area contributed by atoms with Crippen LogP contribution in [0.15, 0.2) is 30.9 Å². The molecule has 126 valence electrons. The van der Waals surface area contributed by atoms with Crippen molar-refractivity contribution in [2.45, 2.75) is 44.3 Å². The monoisotopic (exact) mass is 334 g/mol. The summed E-state index contributed by atoms with van der Waals surface area (Å²) in [6, 6.07) is 2.06. The number of aromatic nitrogens is 4. The predicted octanol–water partition coefficient (Wildman–Crippen LogP) is 4.95. The van der Waals surface area contributed by atoms with Crippen LogP contribution in [0.25, 0.3) is 22.2 Å². The van der Waals surface area contributed by atoms with Gasteiger partial charge >= 0.3 is 6.30 Å². The number of hydrogen-bond acceptors (Lipinski definition) is 2. The highest BCUT2D eigenvalue weighted by molar-refractivity contribution is 5.93. The fourth-order valence-electron chi connectivity index (χ4n) is 3.52. The molecule has 0 saturated heterocycles. The van der Waals surface area contributed by atoms with Gasteiger partial charge in [0.15, 0.2) is 0 Å². The first kappa shape index (κ1) is 15.2. The molecule has 0 atom stereocenters. The van der Waals surface area contributed by atoms with Crippen molar-refractivity contribution in [3.63, 3.8) is 0 Å². The largest absolute Gasteiger partial charge is 0.504 e. The summed E-state index contributed by atoms with van der Waals surface area (Å²) in [6.07, 6.45) is 7.35. The molecule has 4 rings (SSSR count). The van der Waals surface area contributed by atoms with E-state index >= 15 is 0 Å². The maximum atomic E-state index is 12.7. The highest BCUT2D eigenvalue weighted by atomic mass is 19.4. The smallest absolute Gasteiger partial charge is 0.346 e. The molecular formula is C17H17F3N4. The van der Waals surface area contributed by atoms with Crippen molar-refractivity contribution in [3.05, 3.63) is 36.4 Å². The Morgan fingerprint density at radius 1 is 1.12 bits per heavy atom. The predicted molar refractivity (Wildman–Crippen MR) is 84.4 cm³/mol. The van der Waals surface area contributed by atoms with Crippen LogP contribution in [0.5, 0.6) is 0 Å². The number of pyridine rings is 1. The van der Waals surface area contributed by atoms with Crippen LogP contribution in [-0.2, 0) is 6.30 Å². The summed E-state index contributed by atoms with van der Waals surface area (Å²) in [6.45, 7) is 0. The number of aromatic amines is 1. The lowest BCUT2D eigenvalue weighted by atomic mass is 9.84. The van der Waals surface area contributed by atoms with Crippen molar-refractivity contribution in [3.8, 4) is 11.1 Å². The Balaban J connectivity index is 1.74. The van der Waals surface area contributed by atoms with Gasteiger partial charge in [-0.15, -0.1) is 13.2 Å². The van der Waals surface area contributed by atoms with Gasteiger partial charge in [-0.2, -0.15) is 9.78 Å². The average Bonchev–Trinajstić information content (AvgIpc) is 3.21. The lowest BCUT2D eigenvalue weighted by molar-refractivity contribution is -0.212. The molecule has 3 heterocycles. The molecule has 0 amide bonds. The summed E-state index contributed by atoms with van der Waals surface area (Å²) in [4.78, 5) is 7.49. The van der Waals surface area contributed by atoms with Gasteiger partial charge in [-0.3, -0.25) is 0 Å². The van der Waals surface area contributed by atoms with E-state index in [0.29, 0.717) is 22.7 Å². The molecule has 0 unspecified atom stereocenters. The van der Waals surface area contributed by atoms with Crippen molar-refractivity contribution < 1.29 is 13.2 Å². The third-order valence-corrected chi connectivity index (χ3v) is 4.78. The summed E-state index contributed by atoms with van der Waals surface area (Å²) >= 11 is 0. The molecule has 1 N–H and O–H groups in total. The van der Waals surface area contributed by atoms with Gasteiger partial charge in [0.25, 0.3) is 0 Å². The molecule has 0 spiro atoms. The number of halogens is 3. The van der Waals surface area contributed by atoms with E-state index < -0.39 is 6.30 Å². The molecule has 7 heteroatoms. The number of nitrogens with one attached hydrogen (secondary N) is 1. The van der Waals surface area contributed by atoms with Crippen LogP contribution in [0.3, 0.4) is 0 Å². The third-order valence-electron chi connectivity index (χ3n) is 4.78. The zero-order valence-electron chi connectivity index (χ0n) is 13.0. The fourth-order valence-corrected chi connectivity index (χ4v) is 3.52. The van der Waals surface area contributed by atoms with Gasteiger partial charge in [0.2, 0.25) is 0 Å².